The Morgan fingerprint density at radius 1 is 1.67 bits per heavy atom. The lowest BCUT2D eigenvalue weighted by atomic mass is 10.3. The molecule has 47 valence electrons. The molecule has 0 bridgehead atoms. The van der Waals surface area contributed by atoms with Crippen molar-refractivity contribution in [3.8, 4) is 0 Å². The van der Waals surface area contributed by atoms with Gasteiger partial charge in [-0.05, 0) is 12.2 Å². The Balaban J connectivity index is 2.74. The summed E-state index contributed by atoms with van der Waals surface area (Å²) in [6.45, 7) is 0. The topological polar surface area (TPSA) is 47.2 Å². The summed E-state index contributed by atoms with van der Waals surface area (Å²) in [7, 11) is 1.52. The maximum Gasteiger partial charge on any atom is 0.187 e. The number of ether oxygens (including phenoxy) is 1. The van der Waals surface area contributed by atoms with Crippen molar-refractivity contribution in [3.05, 3.63) is 24.1 Å². The van der Waals surface area contributed by atoms with Crippen LogP contribution in [-0.2, 0) is 4.74 Å². The van der Waals surface area contributed by atoms with E-state index in [9.17, 15) is 0 Å². The molecule has 0 aromatic rings. The molecule has 0 atom stereocenters. The van der Waals surface area contributed by atoms with Crippen LogP contribution in [0.5, 0.6) is 0 Å². The van der Waals surface area contributed by atoms with Crippen LogP contribution in [0, 0.1) is 5.41 Å². The molecule has 1 rings (SSSR count). The summed E-state index contributed by atoms with van der Waals surface area (Å²) in [6, 6.07) is 0. The molecule has 1 aliphatic heterocycles. The second-order valence-corrected chi connectivity index (χ2v) is 1.55. The minimum absolute atomic E-state index is 0.181. The van der Waals surface area contributed by atoms with Crippen molar-refractivity contribution in [2.75, 3.05) is 7.11 Å². The van der Waals surface area contributed by atoms with E-state index < -0.39 is 0 Å². The van der Waals surface area contributed by atoms with E-state index in [4.69, 9.17) is 10.1 Å². The molecule has 0 aliphatic carbocycles. The molecule has 0 spiro atoms. The van der Waals surface area contributed by atoms with Crippen molar-refractivity contribution >= 4 is 5.84 Å². The largest absolute Gasteiger partial charge is 0.493 e. The molecule has 1 N–H and O–H groups in total. The van der Waals surface area contributed by atoms with Crippen LogP contribution >= 0.6 is 0 Å². The van der Waals surface area contributed by atoms with Gasteiger partial charge in [0.05, 0.1) is 7.11 Å². The molecule has 0 fully saturated rings. The van der Waals surface area contributed by atoms with E-state index in [1.165, 1.54) is 7.11 Å². The third-order valence-corrected chi connectivity index (χ3v) is 0.991. The van der Waals surface area contributed by atoms with E-state index >= 15 is 0 Å². The maximum atomic E-state index is 7.13. The maximum absolute atomic E-state index is 7.13. The Morgan fingerprint density at radius 3 is 2.89 bits per heavy atom. The highest BCUT2D eigenvalue weighted by molar-refractivity contribution is 5.95. The normalized spacial score (nSPS) is 16.6. The Kier molecular flexibility index (Phi) is 1.53. The van der Waals surface area contributed by atoms with Gasteiger partial charge in [-0.1, -0.05) is 0 Å². The molecule has 0 aromatic carbocycles. The molecule has 1 heterocycles. The molecule has 0 amide bonds. The van der Waals surface area contributed by atoms with Crippen molar-refractivity contribution in [2.24, 2.45) is 0 Å². The van der Waals surface area contributed by atoms with E-state index in [0.717, 1.165) is 0 Å². The lowest BCUT2D eigenvalue weighted by Crippen LogP contribution is -2.15. The van der Waals surface area contributed by atoms with Gasteiger partial charge in [-0.3, -0.25) is 5.41 Å². The van der Waals surface area contributed by atoms with Crippen molar-refractivity contribution < 1.29 is 4.74 Å². The van der Waals surface area contributed by atoms with Crippen LogP contribution in [0.25, 0.3) is 0 Å². The van der Waals surface area contributed by atoms with Gasteiger partial charge in [0.1, 0.15) is 0 Å². The fourth-order valence-corrected chi connectivity index (χ4v) is 0.555. The van der Waals surface area contributed by atoms with E-state index in [1.807, 2.05) is 0 Å². The number of nitrogens with zero attached hydrogens (tertiary/aromatic N) is 1. The number of allylic oxidation sites excluding steroid dienone is 2. The van der Waals surface area contributed by atoms with Gasteiger partial charge >= 0.3 is 0 Å². The van der Waals surface area contributed by atoms with Crippen molar-refractivity contribution in [3.63, 3.8) is 0 Å². The lowest BCUT2D eigenvalue weighted by Gasteiger charge is -2.06. The summed E-state index contributed by atoms with van der Waals surface area (Å²) in [5.41, 5.74) is 0. The minimum Gasteiger partial charge on any atom is -0.493 e. The average molecular weight is 123 g/mol. The van der Waals surface area contributed by atoms with Crippen LogP contribution < -0.4 is 5.32 Å². The number of hydrogen-bond acceptors (Lipinski definition) is 2. The summed E-state index contributed by atoms with van der Waals surface area (Å²) in [5, 5.41) is 10.8. The smallest absolute Gasteiger partial charge is 0.187 e. The van der Waals surface area contributed by atoms with Crippen LogP contribution in [0.15, 0.2) is 24.1 Å². The molecule has 3 nitrogen and oxygen atoms in total. The zero-order valence-electron chi connectivity index (χ0n) is 5.09. The molecule has 0 aromatic heterocycles. The van der Waals surface area contributed by atoms with E-state index in [2.05, 4.69) is 5.32 Å². The predicted octanol–water partition coefficient (Wildman–Crippen LogP) is 0.626. The SMILES string of the molecule is COC1=CC=C[N]C1=N. The van der Waals surface area contributed by atoms with Gasteiger partial charge in [0.25, 0.3) is 0 Å². The lowest BCUT2D eigenvalue weighted by molar-refractivity contribution is 0.312. The Labute approximate surface area is 53.5 Å². The summed E-state index contributed by atoms with van der Waals surface area (Å²) in [6.07, 6.45) is 5.00. The highest BCUT2D eigenvalue weighted by atomic mass is 16.5. The molecule has 0 saturated carbocycles. The molecular weight excluding hydrogens is 116 g/mol. The number of amidine groups is 1. The first-order valence-electron chi connectivity index (χ1n) is 2.55. The number of nitrogens with one attached hydrogen (secondary N) is 1. The first-order chi connectivity index (χ1) is 4.34. The van der Waals surface area contributed by atoms with E-state index in [-0.39, 0.29) is 5.84 Å². The zero-order valence-corrected chi connectivity index (χ0v) is 5.09. The minimum atomic E-state index is 0.181. The molecule has 1 radical (unpaired) electrons. The van der Waals surface area contributed by atoms with Crippen molar-refractivity contribution in [2.45, 2.75) is 0 Å². The van der Waals surface area contributed by atoms with Gasteiger partial charge in [0.15, 0.2) is 11.6 Å². The fraction of sp³-hybridized carbons (Fsp3) is 0.167. The van der Waals surface area contributed by atoms with Gasteiger partial charge in [-0.2, -0.15) is 0 Å². The molecule has 0 saturated heterocycles. The predicted molar refractivity (Wildman–Crippen MR) is 34.1 cm³/mol. The highest BCUT2D eigenvalue weighted by Gasteiger charge is 2.05. The number of hydrogen-bond donors (Lipinski definition) is 1. The van der Waals surface area contributed by atoms with Gasteiger partial charge in [0, 0.05) is 6.20 Å². The fourth-order valence-electron chi connectivity index (χ4n) is 0.555. The molecular formula is C6H7N2O. The standard InChI is InChI=1S/C6H7N2O/c1-9-5-3-2-4-8-6(5)7/h2-4,7H,1H3. The Hall–Kier alpha value is -1.25. The van der Waals surface area contributed by atoms with Crippen LogP contribution in [0.2, 0.25) is 0 Å². The summed E-state index contributed by atoms with van der Waals surface area (Å²) in [4.78, 5) is 0. The second-order valence-electron chi connectivity index (χ2n) is 1.55. The van der Waals surface area contributed by atoms with Gasteiger partial charge in [-0.25, -0.2) is 5.32 Å². The first-order valence-corrected chi connectivity index (χ1v) is 2.55. The molecule has 3 heteroatoms. The van der Waals surface area contributed by atoms with Crippen molar-refractivity contribution in [1.82, 2.24) is 5.32 Å². The first kappa shape index (κ1) is 5.88. The zero-order chi connectivity index (χ0) is 6.69. The quantitative estimate of drug-likeness (QED) is 0.546. The Bertz CT molecular complexity index is 181. The van der Waals surface area contributed by atoms with Gasteiger partial charge in [0.2, 0.25) is 0 Å². The van der Waals surface area contributed by atoms with Crippen molar-refractivity contribution in [1.29, 1.82) is 5.41 Å². The van der Waals surface area contributed by atoms with Gasteiger partial charge in [-0.15, -0.1) is 0 Å². The van der Waals surface area contributed by atoms with E-state index in [0.29, 0.717) is 5.76 Å². The summed E-state index contributed by atoms with van der Waals surface area (Å²) in [5.74, 6) is 0.692. The van der Waals surface area contributed by atoms with Crippen LogP contribution in [-0.4, -0.2) is 12.9 Å². The highest BCUT2D eigenvalue weighted by Crippen LogP contribution is 2.00. The molecule has 1 aliphatic rings. The van der Waals surface area contributed by atoms with E-state index in [1.54, 1.807) is 18.4 Å². The Morgan fingerprint density at radius 2 is 2.44 bits per heavy atom. The molecule has 9 heavy (non-hydrogen) atoms. The third kappa shape index (κ3) is 1.10. The van der Waals surface area contributed by atoms with Crippen LogP contribution in [0.4, 0.5) is 0 Å². The second kappa shape index (κ2) is 2.35. The number of methoxy groups -OCH3 is 1. The number of rotatable bonds is 1. The molecule has 0 unspecified atom stereocenters. The monoisotopic (exact) mass is 123 g/mol. The average Bonchev–Trinajstić information content (AvgIpc) is 1.89. The summed E-state index contributed by atoms with van der Waals surface area (Å²) < 4.78 is 4.79. The van der Waals surface area contributed by atoms with Crippen LogP contribution in [0.3, 0.4) is 0 Å². The third-order valence-electron chi connectivity index (χ3n) is 0.991. The summed E-state index contributed by atoms with van der Waals surface area (Å²) >= 11 is 0. The van der Waals surface area contributed by atoms with Gasteiger partial charge < -0.3 is 4.74 Å². The van der Waals surface area contributed by atoms with Crippen LogP contribution in [0.1, 0.15) is 0 Å².